The van der Waals surface area contributed by atoms with Gasteiger partial charge in [0.15, 0.2) is 0 Å². The number of β-amino-alcohol motifs (C(OH)–C–C–N with tert-alkyl or cyclic N) is 1. The van der Waals surface area contributed by atoms with Crippen LogP contribution < -0.4 is 5.32 Å². The molecular weight excluding hydrogens is 450 g/mol. The van der Waals surface area contributed by atoms with Gasteiger partial charge in [-0.1, -0.05) is 36.4 Å². The lowest BCUT2D eigenvalue weighted by Gasteiger charge is -2.30. The number of rotatable bonds is 8. The summed E-state index contributed by atoms with van der Waals surface area (Å²) >= 11 is 0. The molecule has 7 nitrogen and oxygen atoms in total. The number of fused-ring (bicyclic) bond motifs is 1. The van der Waals surface area contributed by atoms with Crippen LogP contribution in [0.3, 0.4) is 0 Å². The summed E-state index contributed by atoms with van der Waals surface area (Å²) in [4.78, 5) is 14.9. The van der Waals surface area contributed by atoms with E-state index >= 15 is 0 Å². The number of piperidine rings is 1. The second kappa shape index (κ2) is 11.0. The summed E-state index contributed by atoms with van der Waals surface area (Å²) in [5.41, 5.74) is 4.36. The average molecular weight is 486 g/mol. The van der Waals surface area contributed by atoms with Crippen molar-refractivity contribution in [2.24, 2.45) is 5.92 Å². The fourth-order valence-corrected chi connectivity index (χ4v) is 5.88. The molecular formula is C26H35N3O4S. The van der Waals surface area contributed by atoms with E-state index in [1.54, 1.807) is 10.4 Å². The molecule has 0 saturated carbocycles. The molecule has 2 N–H and O–H groups in total. The number of benzene rings is 2. The molecule has 2 heterocycles. The normalized spacial score (nSPS) is 18.9. The van der Waals surface area contributed by atoms with Gasteiger partial charge in [0.25, 0.3) is 5.91 Å². The molecule has 2 aromatic rings. The molecule has 0 bridgehead atoms. The SMILES string of the molecule is CS(=O)(=O)N1CCC(Cc2cccc(C(=O)NC[C@H](O)CN3CCc4ccccc4C3)c2)CC1. The van der Waals surface area contributed by atoms with Crippen molar-refractivity contribution in [2.75, 3.05) is 39.0 Å². The number of hydrogen-bond acceptors (Lipinski definition) is 5. The van der Waals surface area contributed by atoms with Crippen molar-refractivity contribution in [3.8, 4) is 0 Å². The predicted octanol–water partition coefficient (Wildman–Crippen LogP) is 2.05. The van der Waals surface area contributed by atoms with Gasteiger partial charge in [-0.25, -0.2) is 12.7 Å². The number of aliphatic hydroxyl groups is 1. The summed E-state index contributed by atoms with van der Waals surface area (Å²) in [6.45, 7) is 3.60. The Morgan fingerprint density at radius 3 is 2.56 bits per heavy atom. The average Bonchev–Trinajstić information content (AvgIpc) is 2.82. The highest BCUT2D eigenvalue weighted by Crippen LogP contribution is 2.23. The van der Waals surface area contributed by atoms with Crippen LogP contribution in [-0.4, -0.2) is 73.7 Å². The minimum absolute atomic E-state index is 0.184. The number of amides is 1. The Bertz CT molecular complexity index is 1100. The first kappa shape index (κ1) is 24.9. The molecule has 2 aromatic carbocycles. The molecule has 184 valence electrons. The van der Waals surface area contributed by atoms with Crippen LogP contribution in [0.5, 0.6) is 0 Å². The number of nitrogens with zero attached hydrogens (tertiary/aromatic N) is 2. The summed E-state index contributed by atoms with van der Waals surface area (Å²) in [6, 6.07) is 16.0. The first-order valence-electron chi connectivity index (χ1n) is 12.1. The van der Waals surface area contributed by atoms with Gasteiger partial charge < -0.3 is 10.4 Å². The first-order valence-corrected chi connectivity index (χ1v) is 13.9. The van der Waals surface area contributed by atoms with Gasteiger partial charge in [0.2, 0.25) is 10.0 Å². The molecule has 1 atom stereocenters. The molecule has 2 aliphatic rings. The third-order valence-corrected chi connectivity index (χ3v) is 8.24. The van der Waals surface area contributed by atoms with Crippen molar-refractivity contribution in [2.45, 2.75) is 38.3 Å². The molecule has 8 heteroatoms. The summed E-state index contributed by atoms with van der Waals surface area (Å²) < 4.78 is 24.9. The van der Waals surface area contributed by atoms with Crippen LogP contribution >= 0.6 is 0 Å². The third kappa shape index (κ3) is 6.66. The van der Waals surface area contributed by atoms with Crippen LogP contribution in [0.15, 0.2) is 48.5 Å². The van der Waals surface area contributed by atoms with E-state index in [4.69, 9.17) is 0 Å². The van der Waals surface area contributed by atoms with Crippen LogP contribution in [0, 0.1) is 5.92 Å². The summed E-state index contributed by atoms with van der Waals surface area (Å²) in [6.07, 6.45) is 4.11. The summed E-state index contributed by atoms with van der Waals surface area (Å²) in [5, 5.41) is 13.4. The summed E-state index contributed by atoms with van der Waals surface area (Å²) in [7, 11) is -3.12. The standard InChI is InChI=1S/C26H35N3O4S/c1-34(32,33)29-13-9-20(10-14-29)15-21-5-4-8-23(16-21)26(31)27-17-25(30)19-28-12-11-22-6-2-3-7-24(22)18-28/h2-8,16,20,25,30H,9-15,17-19H2,1H3,(H,27,31)/t25-/m0/s1. The lowest BCUT2D eigenvalue weighted by Crippen LogP contribution is -2.42. The number of sulfonamides is 1. The van der Waals surface area contributed by atoms with Crippen molar-refractivity contribution < 1.29 is 18.3 Å². The Kier molecular flexibility index (Phi) is 8.03. The maximum Gasteiger partial charge on any atom is 0.251 e. The van der Waals surface area contributed by atoms with Gasteiger partial charge in [-0.15, -0.1) is 0 Å². The molecule has 1 amide bonds. The largest absolute Gasteiger partial charge is 0.390 e. The number of carbonyl (C=O) groups is 1. The molecule has 1 fully saturated rings. The van der Waals surface area contributed by atoms with Crippen LogP contribution in [0.25, 0.3) is 0 Å². The van der Waals surface area contributed by atoms with Gasteiger partial charge >= 0.3 is 0 Å². The highest BCUT2D eigenvalue weighted by atomic mass is 32.2. The second-order valence-electron chi connectivity index (χ2n) is 9.63. The maximum absolute atomic E-state index is 12.7. The van der Waals surface area contributed by atoms with Crippen LogP contribution in [0.4, 0.5) is 0 Å². The number of carbonyl (C=O) groups excluding carboxylic acids is 1. The van der Waals surface area contributed by atoms with Crippen LogP contribution in [0.2, 0.25) is 0 Å². The fourth-order valence-electron chi connectivity index (χ4n) is 5.00. The zero-order valence-corrected chi connectivity index (χ0v) is 20.6. The van der Waals surface area contributed by atoms with Crippen LogP contribution in [0.1, 0.15) is 39.9 Å². The minimum atomic E-state index is -3.12. The van der Waals surface area contributed by atoms with E-state index in [-0.39, 0.29) is 12.5 Å². The van der Waals surface area contributed by atoms with Crippen molar-refractivity contribution in [3.05, 3.63) is 70.8 Å². The molecule has 0 spiro atoms. The molecule has 0 aliphatic carbocycles. The number of hydrogen-bond donors (Lipinski definition) is 2. The van der Waals surface area contributed by atoms with E-state index in [9.17, 15) is 18.3 Å². The number of nitrogens with one attached hydrogen (secondary N) is 1. The molecule has 4 rings (SSSR count). The van der Waals surface area contributed by atoms with Gasteiger partial charge in [-0.2, -0.15) is 0 Å². The third-order valence-electron chi connectivity index (χ3n) is 6.93. The number of aliphatic hydroxyl groups excluding tert-OH is 1. The smallest absolute Gasteiger partial charge is 0.251 e. The highest BCUT2D eigenvalue weighted by molar-refractivity contribution is 7.88. The predicted molar refractivity (Wildman–Crippen MR) is 133 cm³/mol. The molecule has 0 unspecified atom stereocenters. The first-order chi connectivity index (χ1) is 16.3. The van der Waals surface area contributed by atoms with E-state index in [1.165, 1.54) is 17.4 Å². The van der Waals surface area contributed by atoms with E-state index < -0.39 is 16.1 Å². The molecule has 2 aliphatic heterocycles. The zero-order chi connectivity index (χ0) is 24.1. The minimum Gasteiger partial charge on any atom is -0.390 e. The topological polar surface area (TPSA) is 90.0 Å². The molecule has 0 radical (unpaired) electrons. The van der Waals surface area contributed by atoms with E-state index in [0.29, 0.717) is 31.1 Å². The van der Waals surface area contributed by atoms with Crippen molar-refractivity contribution in [3.63, 3.8) is 0 Å². The zero-order valence-electron chi connectivity index (χ0n) is 19.8. The lowest BCUT2D eigenvalue weighted by atomic mass is 9.90. The Balaban J connectivity index is 1.23. The Labute approximate surface area is 202 Å². The Hall–Kier alpha value is -2.26. The van der Waals surface area contributed by atoms with E-state index in [2.05, 4.69) is 28.4 Å². The maximum atomic E-state index is 12.7. The van der Waals surface area contributed by atoms with Gasteiger partial charge in [-0.3, -0.25) is 9.69 Å². The molecule has 0 aromatic heterocycles. The van der Waals surface area contributed by atoms with Crippen molar-refractivity contribution in [1.29, 1.82) is 0 Å². The fraction of sp³-hybridized carbons (Fsp3) is 0.500. The lowest BCUT2D eigenvalue weighted by molar-refractivity contribution is 0.0841. The van der Waals surface area contributed by atoms with Gasteiger partial charge in [0.05, 0.1) is 12.4 Å². The highest BCUT2D eigenvalue weighted by Gasteiger charge is 2.25. The molecule has 1 saturated heterocycles. The van der Waals surface area contributed by atoms with E-state index in [0.717, 1.165) is 44.3 Å². The van der Waals surface area contributed by atoms with Crippen molar-refractivity contribution in [1.82, 2.24) is 14.5 Å². The van der Waals surface area contributed by atoms with E-state index in [1.807, 2.05) is 24.3 Å². The van der Waals surface area contributed by atoms with Crippen LogP contribution in [-0.2, 0) is 29.4 Å². The second-order valence-corrected chi connectivity index (χ2v) is 11.6. The van der Waals surface area contributed by atoms with Gasteiger partial charge in [-0.05, 0) is 60.4 Å². The Morgan fingerprint density at radius 2 is 1.82 bits per heavy atom. The van der Waals surface area contributed by atoms with Gasteiger partial charge in [0, 0.05) is 44.8 Å². The Morgan fingerprint density at radius 1 is 1.09 bits per heavy atom. The quantitative estimate of drug-likeness (QED) is 0.597. The monoisotopic (exact) mass is 485 g/mol. The molecule has 34 heavy (non-hydrogen) atoms. The van der Waals surface area contributed by atoms with Gasteiger partial charge in [0.1, 0.15) is 0 Å². The summed E-state index contributed by atoms with van der Waals surface area (Å²) in [5.74, 6) is 0.226. The van der Waals surface area contributed by atoms with Crippen molar-refractivity contribution >= 4 is 15.9 Å².